The first-order valence-corrected chi connectivity index (χ1v) is 13.3. The number of nitrogens with one attached hydrogen (secondary N) is 1. The predicted octanol–water partition coefficient (Wildman–Crippen LogP) is 5.35. The van der Waals surface area contributed by atoms with Gasteiger partial charge in [-0.3, -0.25) is 9.79 Å². The third-order valence-electron chi connectivity index (χ3n) is 6.24. The zero-order chi connectivity index (χ0) is 26.8. The highest BCUT2D eigenvalue weighted by molar-refractivity contribution is 8.14. The molecule has 0 saturated carbocycles. The number of ether oxygens (including phenoxy) is 2. The first kappa shape index (κ1) is 27.1. The second-order valence-electron chi connectivity index (χ2n) is 10.7. The Kier molecular flexibility index (Phi) is 7.94. The van der Waals surface area contributed by atoms with E-state index in [9.17, 15) is 9.59 Å². The molecule has 1 N–H and O–H groups in total. The number of rotatable bonds is 5. The molecule has 9 heteroatoms. The highest BCUT2D eigenvalue weighted by atomic mass is 32.2. The van der Waals surface area contributed by atoms with Crippen LogP contribution in [0.25, 0.3) is 0 Å². The van der Waals surface area contributed by atoms with Crippen LogP contribution in [-0.4, -0.2) is 53.4 Å². The molecule has 2 aromatic carbocycles. The number of nitrogens with zero attached hydrogens (tertiary/aromatic N) is 2. The fourth-order valence-electron chi connectivity index (χ4n) is 4.51. The van der Waals surface area contributed by atoms with Gasteiger partial charge in [0.05, 0.1) is 17.5 Å². The molecule has 37 heavy (non-hydrogen) atoms. The molecule has 0 bridgehead atoms. The van der Waals surface area contributed by atoms with Crippen molar-refractivity contribution in [1.29, 1.82) is 0 Å². The number of amides is 2. The number of hydrogen-bond acceptors (Lipinski definition) is 6. The maximum Gasteiger partial charge on any atom is 0.410 e. The van der Waals surface area contributed by atoms with Crippen molar-refractivity contribution in [2.24, 2.45) is 10.9 Å². The lowest BCUT2D eigenvalue weighted by Crippen LogP contribution is -2.43. The second-order valence-corrected chi connectivity index (χ2v) is 12.0. The minimum atomic E-state index is -0.851. The SMILES string of the molecule is CC(C)OCc1ccc(F)c([C@]23CN(C(=O)OC(C)(C)C)C[C@@H]2CN=C(NC(=O)c2ccccc2)S3)c1. The van der Waals surface area contributed by atoms with E-state index in [-0.39, 0.29) is 30.3 Å². The van der Waals surface area contributed by atoms with E-state index in [1.54, 1.807) is 35.2 Å². The van der Waals surface area contributed by atoms with Crippen molar-refractivity contribution in [3.8, 4) is 0 Å². The van der Waals surface area contributed by atoms with Crippen LogP contribution in [0.15, 0.2) is 53.5 Å². The Morgan fingerprint density at radius 2 is 1.95 bits per heavy atom. The van der Waals surface area contributed by atoms with Crippen molar-refractivity contribution in [1.82, 2.24) is 10.2 Å². The average molecular weight is 528 g/mol. The monoisotopic (exact) mass is 527 g/mol. The molecule has 1 fully saturated rings. The normalized spacial score (nSPS) is 21.4. The number of carbonyl (C=O) groups excluding carboxylic acids is 2. The maximum atomic E-state index is 15.5. The van der Waals surface area contributed by atoms with Crippen LogP contribution in [-0.2, 0) is 20.8 Å². The summed E-state index contributed by atoms with van der Waals surface area (Å²) in [6.07, 6.45) is -0.416. The molecular weight excluding hydrogens is 493 g/mol. The summed E-state index contributed by atoms with van der Waals surface area (Å²) in [7, 11) is 0. The zero-order valence-electron chi connectivity index (χ0n) is 21.9. The van der Waals surface area contributed by atoms with Crippen molar-refractivity contribution >= 4 is 28.9 Å². The lowest BCUT2D eigenvalue weighted by Gasteiger charge is -2.37. The Balaban J connectivity index is 1.67. The maximum absolute atomic E-state index is 15.5. The van der Waals surface area contributed by atoms with Gasteiger partial charge in [-0.15, -0.1) is 0 Å². The van der Waals surface area contributed by atoms with Crippen molar-refractivity contribution in [3.63, 3.8) is 0 Å². The number of hydrogen-bond donors (Lipinski definition) is 1. The third-order valence-corrected chi connectivity index (χ3v) is 7.71. The zero-order valence-corrected chi connectivity index (χ0v) is 22.7. The smallest absolute Gasteiger partial charge is 0.410 e. The lowest BCUT2D eigenvalue weighted by molar-refractivity contribution is 0.0285. The van der Waals surface area contributed by atoms with Gasteiger partial charge in [0.25, 0.3) is 5.91 Å². The van der Waals surface area contributed by atoms with E-state index < -0.39 is 16.4 Å². The molecule has 7 nitrogen and oxygen atoms in total. The molecule has 2 amide bonds. The molecule has 1 saturated heterocycles. The molecule has 2 heterocycles. The highest BCUT2D eigenvalue weighted by Gasteiger charge is 2.54. The van der Waals surface area contributed by atoms with Crippen LogP contribution in [0.1, 0.15) is 56.1 Å². The first-order valence-electron chi connectivity index (χ1n) is 12.4. The number of carbonyl (C=O) groups is 2. The van der Waals surface area contributed by atoms with Gasteiger partial charge < -0.3 is 19.7 Å². The van der Waals surface area contributed by atoms with Crippen molar-refractivity contribution in [2.75, 3.05) is 19.6 Å². The molecule has 0 spiro atoms. The summed E-state index contributed by atoms with van der Waals surface area (Å²) in [5, 5.41) is 3.29. The first-order chi connectivity index (χ1) is 17.5. The van der Waals surface area contributed by atoms with Gasteiger partial charge in [0.1, 0.15) is 11.4 Å². The molecule has 4 rings (SSSR count). The van der Waals surface area contributed by atoms with Crippen LogP contribution in [0.4, 0.5) is 9.18 Å². The van der Waals surface area contributed by atoms with Gasteiger partial charge in [0, 0.05) is 36.7 Å². The van der Waals surface area contributed by atoms with E-state index in [4.69, 9.17) is 9.47 Å². The van der Waals surface area contributed by atoms with E-state index in [1.807, 2.05) is 46.8 Å². The van der Waals surface area contributed by atoms with Crippen LogP contribution in [0.2, 0.25) is 0 Å². The lowest BCUT2D eigenvalue weighted by atomic mass is 9.86. The van der Waals surface area contributed by atoms with Crippen LogP contribution in [0.3, 0.4) is 0 Å². The fourth-order valence-corrected chi connectivity index (χ4v) is 5.94. The molecule has 0 radical (unpaired) electrons. The van der Waals surface area contributed by atoms with E-state index >= 15 is 4.39 Å². The molecule has 198 valence electrons. The number of fused-ring (bicyclic) bond motifs is 1. The Bertz CT molecular complexity index is 1180. The van der Waals surface area contributed by atoms with Gasteiger partial charge in [0.2, 0.25) is 0 Å². The summed E-state index contributed by atoms with van der Waals surface area (Å²) in [4.78, 5) is 32.1. The Hall–Kier alpha value is -2.91. The van der Waals surface area contributed by atoms with E-state index in [0.29, 0.717) is 36.0 Å². The van der Waals surface area contributed by atoms with E-state index in [0.717, 1.165) is 5.56 Å². The van der Waals surface area contributed by atoms with Crippen LogP contribution >= 0.6 is 11.8 Å². The molecule has 2 aromatic rings. The number of amidine groups is 1. The highest BCUT2D eigenvalue weighted by Crippen LogP contribution is 2.52. The van der Waals surface area contributed by atoms with Crippen molar-refractivity contribution < 1.29 is 23.5 Å². The van der Waals surface area contributed by atoms with Crippen LogP contribution < -0.4 is 5.32 Å². The third kappa shape index (κ3) is 6.33. The van der Waals surface area contributed by atoms with E-state index in [1.165, 1.54) is 17.8 Å². The molecule has 0 aromatic heterocycles. The minimum absolute atomic E-state index is 0.0320. The standard InChI is InChI=1S/C28H34FN3O4S/c1-18(2)35-16-19-11-12-23(29)22(13-19)28-17-32(26(34)36-27(3,4)5)15-21(28)14-30-25(37-28)31-24(33)20-9-7-6-8-10-20/h6-13,18,21H,14-17H2,1-5H3,(H,30,31,33)/t21-,28-/m0/s1. The number of aliphatic imine (C=N–C) groups is 1. The van der Waals surface area contributed by atoms with Crippen LogP contribution in [0.5, 0.6) is 0 Å². The summed E-state index contributed by atoms with van der Waals surface area (Å²) in [5.41, 5.74) is 1.16. The van der Waals surface area contributed by atoms with Gasteiger partial charge in [-0.2, -0.15) is 0 Å². The average Bonchev–Trinajstić information content (AvgIpc) is 3.23. The number of benzene rings is 2. The summed E-state index contributed by atoms with van der Waals surface area (Å²) in [6.45, 7) is 10.6. The number of thioether (sulfide) groups is 1. The van der Waals surface area contributed by atoms with Gasteiger partial charge in [0.15, 0.2) is 5.17 Å². The summed E-state index contributed by atoms with van der Waals surface area (Å²) < 4.78 is 26.1. The topological polar surface area (TPSA) is 80.2 Å². The number of halogens is 1. The molecule has 0 aliphatic carbocycles. The largest absolute Gasteiger partial charge is 0.444 e. The molecule has 2 aliphatic rings. The Morgan fingerprint density at radius 1 is 1.22 bits per heavy atom. The summed E-state index contributed by atoms with van der Waals surface area (Å²) in [5.74, 6) is -0.826. The Labute approximate surface area is 221 Å². The Morgan fingerprint density at radius 3 is 2.62 bits per heavy atom. The van der Waals surface area contributed by atoms with Crippen molar-refractivity contribution in [2.45, 2.75) is 57.7 Å². The summed E-state index contributed by atoms with van der Waals surface area (Å²) >= 11 is 1.30. The molecular formula is C28H34FN3O4S. The summed E-state index contributed by atoms with van der Waals surface area (Å²) in [6, 6.07) is 13.8. The van der Waals surface area contributed by atoms with Gasteiger partial charge in [-0.05, 0) is 64.4 Å². The van der Waals surface area contributed by atoms with Crippen molar-refractivity contribution in [3.05, 3.63) is 71.0 Å². The van der Waals surface area contributed by atoms with Gasteiger partial charge in [-0.25, -0.2) is 9.18 Å². The molecule has 0 unspecified atom stereocenters. The van der Waals surface area contributed by atoms with Crippen LogP contribution in [0, 0.1) is 11.7 Å². The predicted molar refractivity (Wildman–Crippen MR) is 143 cm³/mol. The van der Waals surface area contributed by atoms with Gasteiger partial charge in [-0.1, -0.05) is 36.0 Å². The minimum Gasteiger partial charge on any atom is -0.444 e. The quantitative estimate of drug-likeness (QED) is 0.567. The van der Waals surface area contributed by atoms with E-state index in [2.05, 4.69) is 10.3 Å². The number of likely N-dealkylation sites (tertiary alicyclic amines) is 1. The fraction of sp³-hybridized carbons (Fsp3) is 0.464. The molecule has 2 atom stereocenters. The van der Waals surface area contributed by atoms with Gasteiger partial charge >= 0.3 is 6.09 Å². The second kappa shape index (κ2) is 10.8. The molecule has 2 aliphatic heterocycles.